The number of carbonyl (C=O) groups excluding carboxylic acids is 2. The van der Waals surface area contributed by atoms with E-state index in [1.165, 1.54) is 0 Å². The highest BCUT2D eigenvalue weighted by molar-refractivity contribution is 5.96. The minimum atomic E-state index is -0.868. The Bertz CT molecular complexity index is 560. The molecule has 0 saturated heterocycles. The van der Waals surface area contributed by atoms with E-state index in [4.69, 9.17) is 0 Å². The fraction of sp³-hybridized carbons (Fsp3) is 0.444. The van der Waals surface area contributed by atoms with Crippen LogP contribution in [0.4, 0.5) is 5.69 Å². The van der Waals surface area contributed by atoms with Gasteiger partial charge in [-0.2, -0.15) is 0 Å². The second kappa shape index (κ2) is 7.92. The molecule has 1 fully saturated rings. The van der Waals surface area contributed by atoms with E-state index >= 15 is 0 Å². The minimum absolute atomic E-state index is 0.120. The van der Waals surface area contributed by atoms with Crippen LogP contribution in [0.25, 0.3) is 0 Å². The largest absolute Gasteiger partial charge is 0.389 e. The molecule has 0 spiro atoms. The predicted molar refractivity (Wildman–Crippen MR) is 90.3 cm³/mol. The van der Waals surface area contributed by atoms with Crippen LogP contribution in [-0.2, 0) is 4.79 Å². The van der Waals surface area contributed by atoms with Gasteiger partial charge in [0, 0.05) is 17.8 Å². The summed E-state index contributed by atoms with van der Waals surface area (Å²) < 4.78 is 0. The van der Waals surface area contributed by atoms with Crippen LogP contribution in [-0.4, -0.2) is 29.1 Å². The van der Waals surface area contributed by atoms with E-state index in [0.717, 1.165) is 19.3 Å². The van der Waals surface area contributed by atoms with E-state index in [2.05, 4.69) is 17.2 Å². The smallest absolute Gasteiger partial charge is 0.251 e. The highest BCUT2D eigenvalue weighted by Gasteiger charge is 2.31. The first kappa shape index (κ1) is 17.2. The molecule has 1 aliphatic carbocycles. The Balaban J connectivity index is 1.88. The molecule has 23 heavy (non-hydrogen) atoms. The third-order valence-electron chi connectivity index (χ3n) is 4.11. The van der Waals surface area contributed by atoms with Crippen molar-refractivity contribution in [1.82, 2.24) is 5.32 Å². The molecule has 1 saturated carbocycles. The van der Waals surface area contributed by atoms with Gasteiger partial charge in [0.05, 0.1) is 12.0 Å². The van der Waals surface area contributed by atoms with E-state index in [1.807, 2.05) is 0 Å². The first-order chi connectivity index (χ1) is 11.0. The van der Waals surface area contributed by atoms with Crippen molar-refractivity contribution in [2.24, 2.45) is 0 Å². The number of anilines is 1. The average molecular weight is 316 g/mol. The van der Waals surface area contributed by atoms with Crippen LogP contribution in [0.3, 0.4) is 0 Å². The van der Waals surface area contributed by atoms with Crippen LogP contribution in [0.2, 0.25) is 0 Å². The molecule has 5 nitrogen and oxygen atoms in total. The summed E-state index contributed by atoms with van der Waals surface area (Å²) in [5.74, 6) is -0.377. The Morgan fingerprint density at radius 1 is 1.17 bits per heavy atom. The third kappa shape index (κ3) is 5.21. The van der Waals surface area contributed by atoms with Crippen molar-refractivity contribution in [3.63, 3.8) is 0 Å². The Morgan fingerprint density at radius 2 is 1.83 bits per heavy atom. The normalized spacial score (nSPS) is 16.4. The lowest BCUT2D eigenvalue weighted by Gasteiger charge is -2.31. The number of hydrogen-bond acceptors (Lipinski definition) is 3. The lowest BCUT2D eigenvalue weighted by atomic mass is 9.82. The molecule has 0 aliphatic heterocycles. The quantitative estimate of drug-likeness (QED) is 0.706. The van der Waals surface area contributed by atoms with Crippen LogP contribution in [0.5, 0.6) is 0 Å². The van der Waals surface area contributed by atoms with E-state index in [9.17, 15) is 14.7 Å². The van der Waals surface area contributed by atoms with Crippen LogP contribution >= 0.6 is 0 Å². The summed E-state index contributed by atoms with van der Waals surface area (Å²) in [6, 6.07) is 6.68. The van der Waals surface area contributed by atoms with E-state index in [-0.39, 0.29) is 18.2 Å². The molecule has 0 atom stereocenters. The van der Waals surface area contributed by atoms with E-state index in [1.54, 1.807) is 30.3 Å². The van der Waals surface area contributed by atoms with Crippen molar-refractivity contribution in [1.29, 1.82) is 0 Å². The second-order valence-corrected chi connectivity index (χ2v) is 6.09. The Hall–Kier alpha value is -2.14. The van der Waals surface area contributed by atoms with Gasteiger partial charge in [-0.05, 0) is 37.1 Å². The zero-order valence-corrected chi connectivity index (χ0v) is 13.3. The lowest BCUT2D eigenvalue weighted by molar-refractivity contribution is -0.122. The van der Waals surface area contributed by atoms with Gasteiger partial charge < -0.3 is 15.7 Å². The molecule has 124 valence electrons. The molecule has 0 unspecified atom stereocenters. The van der Waals surface area contributed by atoms with Gasteiger partial charge >= 0.3 is 0 Å². The summed E-state index contributed by atoms with van der Waals surface area (Å²) in [7, 11) is 0. The van der Waals surface area contributed by atoms with E-state index in [0.29, 0.717) is 30.6 Å². The fourth-order valence-electron chi connectivity index (χ4n) is 2.86. The van der Waals surface area contributed by atoms with Crippen molar-refractivity contribution in [3.05, 3.63) is 42.5 Å². The summed E-state index contributed by atoms with van der Waals surface area (Å²) >= 11 is 0. The number of carbonyl (C=O) groups is 2. The lowest BCUT2D eigenvalue weighted by Crippen LogP contribution is -2.35. The summed E-state index contributed by atoms with van der Waals surface area (Å²) in [5.41, 5.74) is 0.276. The first-order valence-corrected chi connectivity index (χ1v) is 8.04. The number of amides is 2. The van der Waals surface area contributed by atoms with Gasteiger partial charge in [0.1, 0.15) is 0 Å². The van der Waals surface area contributed by atoms with Gasteiger partial charge in [0.2, 0.25) is 5.91 Å². The Morgan fingerprint density at radius 3 is 2.43 bits per heavy atom. The molecule has 0 bridgehead atoms. The average Bonchev–Trinajstić information content (AvgIpc) is 2.53. The van der Waals surface area contributed by atoms with Crippen molar-refractivity contribution in [2.75, 3.05) is 11.9 Å². The highest BCUT2D eigenvalue weighted by Crippen LogP contribution is 2.31. The molecule has 2 rings (SSSR count). The first-order valence-electron chi connectivity index (χ1n) is 8.04. The minimum Gasteiger partial charge on any atom is -0.389 e. The molecule has 1 aromatic rings. The summed E-state index contributed by atoms with van der Waals surface area (Å²) in [6.07, 6.45) is 6.17. The van der Waals surface area contributed by atoms with Crippen molar-refractivity contribution >= 4 is 17.5 Å². The van der Waals surface area contributed by atoms with Gasteiger partial charge in [-0.25, -0.2) is 0 Å². The maximum atomic E-state index is 12.1. The molecule has 5 heteroatoms. The van der Waals surface area contributed by atoms with Gasteiger partial charge in [0.15, 0.2) is 0 Å². The molecule has 0 radical (unpaired) electrons. The zero-order chi connectivity index (χ0) is 16.7. The Kier molecular flexibility index (Phi) is 5.93. The summed E-state index contributed by atoms with van der Waals surface area (Å²) in [6.45, 7) is 3.96. The van der Waals surface area contributed by atoms with Gasteiger partial charge in [-0.3, -0.25) is 9.59 Å². The third-order valence-corrected chi connectivity index (χ3v) is 4.11. The molecular weight excluding hydrogens is 292 g/mol. The topological polar surface area (TPSA) is 78.4 Å². The van der Waals surface area contributed by atoms with Crippen molar-refractivity contribution in [3.8, 4) is 0 Å². The predicted octanol–water partition coefficient (Wildman–Crippen LogP) is 2.63. The van der Waals surface area contributed by atoms with Crippen LogP contribution in [0.15, 0.2) is 36.9 Å². The molecule has 1 aliphatic rings. The molecule has 2 amide bonds. The van der Waals surface area contributed by atoms with Crippen LogP contribution in [0, 0.1) is 0 Å². The fourth-order valence-corrected chi connectivity index (χ4v) is 2.86. The summed E-state index contributed by atoms with van der Waals surface area (Å²) in [4.78, 5) is 23.8. The molecule has 0 heterocycles. The number of nitrogens with one attached hydrogen (secondary N) is 2. The second-order valence-electron chi connectivity index (χ2n) is 6.09. The number of benzene rings is 1. The molecule has 0 aromatic heterocycles. The Labute approximate surface area is 136 Å². The number of hydrogen-bond donors (Lipinski definition) is 3. The van der Waals surface area contributed by atoms with Gasteiger partial charge in [0.25, 0.3) is 5.91 Å². The van der Waals surface area contributed by atoms with Crippen LogP contribution < -0.4 is 10.6 Å². The standard InChI is InChI=1S/C18H24N2O3/c1-2-12-19-17(22)14-6-8-15(9-7-14)20-16(21)13-18(23)10-4-3-5-11-18/h2,6-9,23H,1,3-5,10-13H2,(H,19,22)(H,20,21). The van der Waals surface area contributed by atoms with Gasteiger partial charge in [-0.15, -0.1) is 6.58 Å². The van der Waals surface area contributed by atoms with Gasteiger partial charge in [-0.1, -0.05) is 25.3 Å². The maximum absolute atomic E-state index is 12.1. The number of aliphatic hydroxyl groups is 1. The maximum Gasteiger partial charge on any atom is 0.251 e. The molecular formula is C18H24N2O3. The van der Waals surface area contributed by atoms with Crippen molar-refractivity contribution < 1.29 is 14.7 Å². The molecule has 1 aromatic carbocycles. The SMILES string of the molecule is C=CCNC(=O)c1ccc(NC(=O)CC2(O)CCCCC2)cc1. The van der Waals surface area contributed by atoms with E-state index < -0.39 is 5.60 Å². The van der Waals surface area contributed by atoms with Crippen LogP contribution in [0.1, 0.15) is 48.9 Å². The number of rotatable bonds is 6. The zero-order valence-electron chi connectivity index (χ0n) is 13.3. The summed E-state index contributed by atoms with van der Waals surface area (Å²) in [5, 5.41) is 15.9. The highest BCUT2D eigenvalue weighted by atomic mass is 16.3. The molecule has 3 N–H and O–H groups in total. The monoisotopic (exact) mass is 316 g/mol. The van der Waals surface area contributed by atoms with Crippen molar-refractivity contribution in [2.45, 2.75) is 44.1 Å².